The van der Waals surface area contributed by atoms with Crippen LogP contribution in [0.3, 0.4) is 0 Å². The van der Waals surface area contributed by atoms with Gasteiger partial charge in [0.05, 0.1) is 5.69 Å². The van der Waals surface area contributed by atoms with E-state index in [2.05, 4.69) is 74.3 Å². The maximum atomic E-state index is 4.60. The Morgan fingerprint density at radius 1 is 1.24 bits per heavy atom. The minimum Gasteiger partial charge on any atom is -0.329 e. The van der Waals surface area contributed by atoms with Gasteiger partial charge >= 0.3 is 0 Å². The fourth-order valence-corrected chi connectivity index (χ4v) is 2.68. The minimum atomic E-state index is 0.459. The van der Waals surface area contributed by atoms with Crippen LogP contribution in [0.2, 0.25) is 0 Å². The number of hydrogen-bond acceptors (Lipinski definition) is 3. The average Bonchev–Trinajstić information content (AvgIpc) is 2.70. The number of rotatable bonds is 5. The Morgan fingerprint density at radius 3 is 2.52 bits per heavy atom. The molecule has 1 N–H and O–H groups in total. The molecule has 1 heterocycles. The number of nitrogens with zero attached hydrogens (tertiary/aromatic N) is 3. The Hall–Kier alpha value is -1.81. The first-order chi connectivity index (χ1) is 9.91. The van der Waals surface area contributed by atoms with Crippen molar-refractivity contribution in [2.45, 2.75) is 40.3 Å². The van der Waals surface area contributed by atoms with E-state index in [0.717, 1.165) is 18.1 Å². The van der Waals surface area contributed by atoms with Crippen molar-refractivity contribution in [2.75, 3.05) is 11.9 Å². The van der Waals surface area contributed by atoms with Gasteiger partial charge in [0.15, 0.2) is 0 Å². The molecule has 0 aliphatic rings. The van der Waals surface area contributed by atoms with Crippen molar-refractivity contribution in [1.29, 1.82) is 0 Å². The van der Waals surface area contributed by atoms with Gasteiger partial charge in [-0.15, -0.1) is 0 Å². The second-order valence-corrected chi connectivity index (χ2v) is 5.89. The van der Waals surface area contributed by atoms with E-state index < -0.39 is 0 Å². The second-order valence-electron chi connectivity index (χ2n) is 5.89. The van der Waals surface area contributed by atoms with E-state index in [0.29, 0.717) is 6.04 Å². The fourth-order valence-electron chi connectivity index (χ4n) is 2.68. The Labute approximate surface area is 127 Å². The lowest BCUT2D eigenvalue weighted by atomic mass is 10.1. The molecule has 1 aromatic heterocycles. The number of nitrogens with one attached hydrogen (secondary N) is 1. The molecule has 2 aromatic rings. The van der Waals surface area contributed by atoms with Crippen molar-refractivity contribution < 1.29 is 0 Å². The van der Waals surface area contributed by atoms with E-state index in [1.54, 1.807) is 0 Å². The third-order valence-electron chi connectivity index (χ3n) is 3.79. The maximum absolute atomic E-state index is 4.60. The van der Waals surface area contributed by atoms with Crippen LogP contribution in [0.5, 0.6) is 0 Å². The zero-order valence-electron chi connectivity index (χ0n) is 13.9. The zero-order chi connectivity index (χ0) is 15.6. The van der Waals surface area contributed by atoms with Gasteiger partial charge in [-0.3, -0.25) is 4.68 Å². The Balaban J connectivity index is 2.41. The molecule has 4 nitrogen and oxygen atoms in total. The van der Waals surface area contributed by atoms with E-state index in [1.165, 1.54) is 16.8 Å². The number of aromatic nitrogens is 2. The monoisotopic (exact) mass is 286 g/mol. The summed E-state index contributed by atoms with van der Waals surface area (Å²) in [7, 11) is 4.12. The van der Waals surface area contributed by atoms with Crippen molar-refractivity contribution in [3.63, 3.8) is 0 Å². The summed E-state index contributed by atoms with van der Waals surface area (Å²) in [5.74, 6) is 1.15. The smallest absolute Gasteiger partial charge is 0.135 e. The zero-order valence-corrected chi connectivity index (χ0v) is 13.9. The van der Waals surface area contributed by atoms with Gasteiger partial charge in [-0.05, 0) is 25.5 Å². The number of benzene rings is 1. The van der Waals surface area contributed by atoms with Crippen molar-refractivity contribution in [3.8, 4) is 0 Å². The topological polar surface area (TPSA) is 33.1 Å². The van der Waals surface area contributed by atoms with Gasteiger partial charge in [0, 0.05) is 37.9 Å². The maximum Gasteiger partial charge on any atom is 0.135 e. The van der Waals surface area contributed by atoms with Gasteiger partial charge in [0.2, 0.25) is 0 Å². The van der Waals surface area contributed by atoms with E-state index in [-0.39, 0.29) is 0 Å². The quantitative estimate of drug-likeness (QED) is 0.915. The fraction of sp³-hybridized carbons (Fsp3) is 0.471. The standard InChI is InChI=1S/C17H26N4/c1-12(2)18-11-15-14(4)19-21(6)17(15)20(5)16-10-8-7-9-13(16)3/h7-10,12,18H,11H2,1-6H3. The third kappa shape index (κ3) is 3.27. The highest BCUT2D eigenvalue weighted by Gasteiger charge is 2.18. The van der Waals surface area contributed by atoms with Gasteiger partial charge in [0.1, 0.15) is 5.82 Å². The van der Waals surface area contributed by atoms with Gasteiger partial charge in [0.25, 0.3) is 0 Å². The van der Waals surface area contributed by atoms with Crippen molar-refractivity contribution in [2.24, 2.45) is 7.05 Å². The summed E-state index contributed by atoms with van der Waals surface area (Å²) in [4.78, 5) is 2.23. The number of aryl methyl sites for hydroxylation is 3. The van der Waals surface area contributed by atoms with Gasteiger partial charge < -0.3 is 10.2 Å². The summed E-state index contributed by atoms with van der Waals surface area (Å²) in [6.07, 6.45) is 0. The van der Waals surface area contributed by atoms with Crippen LogP contribution in [0.15, 0.2) is 24.3 Å². The van der Waals surface area contributed by atoms with Crippen molar-refractivity contribution >= 4 is 11.5 Å². The molecular formula is C17H26N4. The lowest BCUT2D eigenvalue weighted by Crippen LogP contribution is -2.24. The molecule has 0 radical (unpaired) electrons. The predicted molar refractivity (Wildman–Crippen MR) is 89.2 cm³/mol. The summed E-state index contributed by atoms with van der Waals surface area (Å²) in [5.41, 5.74) is 4.82. The van der Waals surface area contributed by atoms with Crippen LogP contribution >= 0.6 is 0 Å². The van der Waals surface area contributed by atoms with Gasteiger partial charge in [-0.1, -0.05) is 32.0 Å². The molecule has 0 saturated heterocycles. The molecule has 0 unspecified atom stereocenters. The molecule has 0 saturated carbocycles. The average molecular weight is 286 g/mol. The second kappa shape index (κ2) is 6.31. The Morgan fingerprint density at radius 2 is 1.90 bits per heavy atom. The van der Waals surface area contributed by atoms with Crippen LogP contribution in [0.4, 0.5) is 11.5 Å². The van der Waals surface area contributed by atoms with Crippen LogP contribution in [0.25, 0.3) is 0 Å². The molecule has 21 heavy (non-hydrogen) atoms. The summed E-state index contributed by atoms with van der Waals surface area (Å²) in [6, 6.07) is 8.90. The van der Waals surface area contributed by atoms with E-state index >= 15 is 0 Å². The highest BCUT2D eigenvalue weighted by Crippen LogP contribution is 2.30. The van der Waals surface area contributed by atoms with Crippen LogP contribution in [0, 0.1) is 13.8 Å². The molecule has 1 aromatic carbocycles. The highest BCUT2D eigenvalue weighted by atomic mass is 15.4. The molecule has 0 amide bonds. The van der Waals surface area contributed by atoms with Crippen LogP contribution in [-0.4, -0.2) is 22.9 Å². The van der Waals surface area contributed by atoms with Crippen LogP contribution in [-0.2, 0) is 13.6 Å². The summed E-state index contributed by atoms with van der Waals surface area (Å²) >= 11 is 0. The first-order valence-electron chi connectivity index (χ1n) is 7.47. The molecule has 114 valence electrons. The van der Waals surface area contributed by atoms with Crippen molar-refractivity contribution in [1.82, 2.24) is 15.1 Å². The van der Waals surface area contributed by atoms with Crippen molar-refractivity contribution in [3.05, 3.63) is 41.1 Å². The number of anilines is 2. The highest BCUT2D eigenvalue weighted by molar-refractivity contribution is 5.66. The molecule has 2 rings (SSSR count). The summed E-state index contributed by atoms with van der Waals surface area (Å²) < 4.78 is 1.97. The normalized spacial score (nSPS) is 11.2. The van der Waals surface area contributed by atoms with Gasteiger partial charge in [-0.2, -0.15) is 5.10 Å². The number of para-hydroxylation sites is 1. The molecule has 0 atom stereocenters. The van der Waals surface area contributed by atoms with E-state index in [9.17, 15) is 0 Å². The molecule has 0 fully saturated rings. The lowest BCUT2D eigenvalue weighted by molar-refractivity contribution is 0.587. The SMILES string of the molecule is Cc1ccccc1N(C)c1c(CNC(C)C)c(C)nn1C. The molecule has 4 heteroatoms. The first kappa shape index (κ1) is 15.6. The molecule has 0 bridgehead atoms. The largest absolute Gasteiger partial charge is 0.329 e. The van der Waals surface area contributed by atoms with E-state index in [4.69, 9.17) is 0 Å². The van der Waals surface area contributed by atoms with E-state index in [1.807, 2.05) is 11.7 Å². The molecule has 0 aliphatic carbocycles. The number of hydrogen-bond donors (Lipinski definition) is 1. The Kier molecular flexibility index (Phi) is 4.68. The Bertz CT molecular complexity index is 613. The van der Waals surface area contributed by atoms with Gasteiger partial charge in [-0.25, -0.2) is 0 Å². The first-order valence-corrected chi connectivity index (χ1v) is 7.47. The minimum absolute atomic E-state index is 0.459. The predicted octanol–water partition coefficient (Wildman–Crippen LogP) is 3.30. The third-order valence-corrected chi connectivity index (χ3v) is 3.79. The molecular weight excluding hydrogens is 260 g/mol. The molecule has 0 spiro atoms. The van der Waals surface area contributed by atoms with Crippen LogP contribution in [0.1, 0.15) is 30.7 Å². The van der Waals surface area contributed by atoms with Crippen LogP contribution < -0.4 is 10.2 Å². The summed E-state index contributed by atoms with van der Waals surface area (Å²) in [5, 5.41) is 8.10. The summed E-state index contributed by atoms with van der Waals surface area (Å²) in [6.45, 7) is 9.38. The molecule has 0 aliphatic heterocycles. The lowest BCUT2D eigenvalue weighted by Gasteiger charge is -2.23.